The van der Waals surface area contributed by atoms with Crippen LogP contribution in [0.3, 0.4) is 0 Å². The third-order valence-corrected chi connectivity index (χ3v) is 4.87. The SMILES string of the molecule is CC(Cc1ccsc1)NC(=O)NCC(Cc1ccc(O)cc1)N(C)C. The molecule has 0 saturated heterocycles. The average Bonchev–Trinajstić information content (AvgIpc) is 3.05. The van der Waals surface area contributed by atoms with Gasteiger partial charge in [0, 0.05) is 18.6 Å². The highest BCUT2D eigenvalue weighted by Crippen LogP contribution is 2.12. The minimum Gasteiger partial charge on any atom is -0.508 e. The van der Waals surface area contributed by atoms with Crippen LogP contribution in [0.5, 0.6) is 5.75 Å². The van der Waals surface area contributed by atoms with Crippen LogP contribution in [0.25, 0.3) is 0 Å². The Morgan fingerprint density at radius 1 is 1.16 bits per heavy atom. The second-order valence-corrected chi connectivity index (χ2v) is 7.36. The first-order valence-corrected chi connectivity index (χ1v) is 9.38. The van der Waals surface area contributed by atoms with Crippen LogP contribution in [0, 0.1) is 0 Å². The first-order valence-electron chi connectivity index (χ1n) is 8.44. The molecule has 0 radical (unpaired) electrons. The van der Waals surface area contributed by atoms with Crippen LogP contribution in [-0.2, 0) is 12.8 Å². The van der Waals surface area contributed by atoms with Gasteiger partial charge in [-0.15, -0.1) is 0 Å². The molecule has 1 aromatic heterocycles. The number of hydrogen-bond donors (Lipinski definition) is 3. The van der Waals surface area contributed by atoms with Crippen molar-refractivity contribution in [2.75, 3.05) is 20.6 Å². The lowest BCUT2D eigenvalue weighted by Gasteiger charge is -2.25. The summed E-state index contributed by atoms with van der Waals surface area (Å²) in [4.78, 5) is 14.2. The number of benzene rings is 1. The van der Waals surface area contributed by atoms with Crippen molar-refractivity contribution in [1.29, 1.82) is 0 Å². The number of rotatable bonds is 8. The monoisotopic (exact) mass is 361 g/mol. The van der Waals surface area contributed by atoms with E-state index in [4.69, 9.17) is 0 Å². The predicted molar refractivity (Wildman–Crippen MR) is 103 cm³/mol. The van der Waals surface area contributed by atoms with Gasteiger partial charge in [0.1, 0.15) is 5.75 Å². The summed E-state index contributed by atoms with van der Waals surface area (Å²) in [6.07, 6.45) is 1.64. The van der Waals surface area contributed by atoms with E-state index >= 15 is 0 Å². The number of amides is 2. The molecule has 2 rings (SSSR count). The number of urea groups is 1. The van der Waals surface area contributed by atoms with Crippen molar-refractivity contribution in [1.82, 2.24) is 15.5 Å². The van der Waals surface area contributed by atoms with Gasteiger partial charge in [0.25, 0.3) is 0 Å². The normalized spacial score (nSPS) is 13.4. The van der Waals surface area contributed by atoms with Crippen LogP contribution >= 0.6 is 11.3 Å². The Bertz CT molecular complexity index is 641. The Morgan fingerprint density at radius 2 is 1.88 bits per heavy atom. The summed E-state index contributed by atoms with van der Waals surface area (Å²) in [6, 6.07) is 9.42. The zero-order valence-electron chi connectivity index (χ0n) is 15.0. The molecule has 0 aliphatic carbocycles. The third-order valence-electron chi connectivity index (χ3n) is 4.14. The molecule has 0 fully saturated rings. The lowest BCUT2D eigenvalue weighted by molar-refractivity contribution is 0.229. The van der Waals surface area contributed by atoms with Gasteiger partial charge >= 0.3 is 6.03 Å². The van der Waals surface area contributed by atoms with Gasteiger partial charge in [-0.2, -0.15) is 11.3 Å². The van der Waals surface area contributed by atoms with Crippen molar-refractivity contribution in [2.24, 2.45) is 0 Å². The molecule has 3 N–H and O–H groups in total. The Morgan fingerprint density at radius 3 is 2.48 bits per heavy atom. The van der Waals surface area contributed by atoms with Crippen LogP contribution in [0.4, 0.5) is 4.79 Å². The maximum Gasteiger partial charge on any atom is 0.315 e. The fourth-order valence-corrected chi connectivity index (χ4v) is 3.32. The summed E-state index contributed by atoms with van der Waals surface area (Å²) in [5.74, 6) is 0.266. The van der Waals surface area contributed by atoms with Gasteiger partial charge in [0.2, 0.25) is 0 Å². The minimum atomic E-state index is -0.139. The number of phenols is 1. The molecule has 0 aliphatic rings. The molecule has 2 amide bonds. The van der Waals surface area contributed by atoms with Gasteiger partial charge < -0.3 is 20.6 Å². The number of hydrogen-bond acceptors (Lipinski definition) is 4. The fraction of sp³-hybridized carbons (Fsp3) is 0.421. The number of carbonyl (C=O) groups excluding carboxylic acids is 1. The highest BCUT2D eigenvalue weighted by molar-refractivity contribution is 7.07. The lowest BCUT2D eigenvalue weighted by atomic mass is 10.0. The fourth-order valence-electron chi connectivity index (χ4n) is 2.64. The maximum atomic E-state index is 12.1. The number of aromatic hydroxyl groups is 1. The molecule has 0 spiro atoms. The number of likely N-dealkylation sites (N-methyl/N-ethyl adjacent to an activating group) is 1. The quantitative estimate of drug-likeness (QED) is 0.677. The highest BCUT2D eigenvalue weighted by Gasteiger charge is 2.15. The number of nitrogens with zero attached hydrogens (tertiary/aromatic N) is 1. The van der Waals surface area contributed by atoms with Gasteiger partial charge in [-0.3, -0.25) is 0 Å². The lowest BCUT2D eigenvalue weighted by Crippen LogP contribution is -2.47. The van der Waals surface area contributed by atoms with Crippen molar-refractivity contribution < 1.29 is 9.90 Å². The number of nitrogens with one attached hydrogen (secondary N) is 2. The van der Waals surface area contributed by atoms with Crippen LogP contribution in [0.15, 0.2) is 41.1 Å². The van der Waals surface area contributed by atoms with Crippen molar-refractivity contribution in [2.45, 2.75) is 31.8 Å². The molecule has 0 saturated carbocycles. The molecule has 1 heterocycles. The van der Waals surface area contributed by atoms with Crippen LogP contribution in [0.1, 0.15) is 18.1 Å². The summed E-state index contributed by atoms with van der Waals surface area (Å²) in [7, 11) is 4.01. The van der Waals surface area contributed by atoms with E-state index in [2.05, 4.69) is 27.0 Å². The number of carbonyl (C=O) groups is 1. The first kappa shape index (κ1) is 19.3. The van der Waals surface area contributed by atoms with Crippen molar-refractivity contribution in [3.05, 3.63) is 52.2 Å². The summed E-state index contributed by atoms with van der Waals surface area (Å²) < 4.78 is 0. The number of phenolic OH excluding ortho intramolecular Hbond substituents is 1. The molecular formula is C19H27N3O2S. The molecule has 0 aliphatic heterocycles. The molecule has 0 bridgehead atoms. The number of thiophene rings is 1. The van der Waals surface area contributed by atoms with Crippen LogP contribution < -0.4 is 10.6 Å². The molecule has 6 heteroatoms. The average molecular weight is 362 g/mol. The molecule has 2 atom stereocenters. The molecule has 25 heavy (non-hydrogen) atoms. The van der Waals surface area contributed by atoms with Crippen molar-refractivity contribution in [3.8, 4) is 5.75 Å². The zero-order chi connectivity index (χ0) is 18.2. The topological polar surface area (TPSA) is 64.6 Å². The Labute approximate surface area is 153 Å². The van der Waals surface area contributed by atoms with Gasteiger partial charge in [0.05, 0.1) is 0 Å². The highest BCUT2D eigenvalue weighted by atomic mass is 32.1. The molecular weight excluding hydrogens is 334 g/mol. The Hall–Kier alpha value is -2.05. The van der Waals surface area contributed by atoms with Crippen molar-refractivity contribution >= 4 is 17.4 Å². The van der Waals surface area contributed by atoms with Crippen LogP contribution in [0.2, 0.25) is 0 Å². The van der Waals surface area contributed by atoms with E-state index < -0.39 is 0 Å². The summed E-state index contributed by atoms with van der Waals surface area (Å²) >= 11 is 1.67. The minimum absolute atomic E-state index is 0.0875. The van der Waals surface area contributed by atoms with E-state index in [1.807, 2.05) is 38.5 Å². The maximum absolute atomic E-state index is 12.1. The zero-order valence-corrected chi connectivity index (χ0v) is 15.8. The van der Waals surface area contributed by atoms with E-state index in [0.29, 0.717) is 6.54 Å². The molecule has 1 aromatic carbocycles. The molecule has 5 nitrogen and oxygen atoms in total. The van der Waals surface area contributed by atoms with E-state index in [9.17, 15) is 9.90 Å². The van der Waals surface area contributed by atoms with Gasteiger partial charge in [-0.05, 0) is 73.9 Å². The van der Waals surface area contributed by atoms with Crippen LogP contribution in [-0.4, -0.2) is 48.8 Å². The summed E-state index contributed by atoms with van der Waals surface area (Å²) in [5.41, 5.74) is 2.38. The largest absolute Gasteiger partial charge is 0.508 e. The van der Waals surface area contributed by atoms with Gasteiger partial charge in [-0.25, -0.2) is 4.79 Å². The Kier molecular flexibility index (Phi) is 7.28. The standard InChI is InChI=1S/C19H27N3O2S/c1-14(10-16-8-9-25-13-16)21-19(24)20-12-17(22(2)3)11-15-4-6-18(23)7-5-15/h4-9,13-14,17,23H,10-12H2,1-3H3,(H2,20,21,24). The van der Waals surface area contributed by atoms with E-state index in [-0.39, 0.29) is 23.9 Å². The van der Waals surface area contributed by atoms with E-state index in [1.165, 1.54) is 5.56 Å². The van der Waals surface area contributed by atoms with E-state index in [0.717, 1.165) is 18.4 Å². The van der Waals surface area contributed by atoms with E-state index in [1.54, 1.807) is 23.5 Å². The predicted octanol–water partition coefficient (Wildman–Crippen LogP) is 2.86. The van der Waals surface area contributed by atoms with Gasteiger partial charge in [-0.1, -0.05) is 12.1 Å². The first-order chi connectivity index (χ1) is 11.9. The smallest absolute Gasteiger partial charge is 0.315 e. The molecule has 2 unspecified atom stereocenters. The summed E-state index contributed by atoms with van der Waals surface area (Å²) in [5, 5.41) is 19.5. The summed E-state index contributed by atoms with van der Waals surface area (Å²) in [6.45, 7) is 2.57. The third kappa shape index (κ3) is 6.76. The molecule has 2 aromatic rings. The van der Waals surface area contributed by atoms with Gasteiger partial charge in [0.15, 0.2) is 0 Å². The second-order valence-electron chi connectivity index (χ2n) is 6.58. The molecule has 136 valence electrons. The Balaban J connectivity index is 1.79. The van der Waals surface area contributed by atoms with Crippen molar-refractivity contribution in [3.63, 3.8) is 0 Å². The second kappa shape index (κ2) is 9.44.